The third-order valence-corrected chi connectivity index (χ3v) is 1.48. The Morgan fingerprint density at radius 3 is 2.62 bits per heavy atom. The molecule has 4 heteroatoms. The summed E-state index contributed by atoms with van der Waals surface area (Å²) in [4.78, 5) is 11.2. The molecule has 70 valence electrons. The summed E-state index contributed by atoms with van der Waals surface area (Å²) in [6.07, 6.45) is 0. The summed E-state index contributed by atoms with van der Waals surface area (Å²) in [5.74, 6) is -0.634. The molecule has 3 nitrogen and oxygen atoms in total. The van der Waals surface area contributed by atoms with Gasteiger partial charge in [0.25, 0.3) is 5.91 Å². The van der Waals surface area contributed by atoms with Crippen LogP contribution in [0.25, 0.3) is 0 Å². The summed E-state index contributed by atoms with van der Waals surface area (Å²) < 4.78 is 17.1. The highest BCUT2D eigenvalue weighted by atomic mass is 19.1. The van der Waals surface area contributed by atoms with E-state index in [9.17, 15) is 9.18 Å². The number of hydrogen-bond acceptors (Lipinski definition) is 2. The number of rotatable bonds is 3. The van der Waals surface area contributed by atoms with Crippen molar-refractivity contribution in [3.05, 3.63) is 35.6 Å². The van der Waals surface area contributed by atoms with E-state index in [2.05, 4.69) is 10.1 Å². The lowest BCUT2D eigenvalue weighted by atomic mass is 10.2. The Kier molecular flexibility index (Phi) is 3.40. The summed E-state index contributed by atoms with van der Waals surface area (Å²) in [6, 6.07) is 5.31. The number of hydrogen-bond donors (Lipinski definition) is 1. The normalized spacial score (nSPS) is 9.69. The van der Waals surface area contributed by atoms with Crippen molar-refractivity contribution in [1.29, 1.82) is 0 Å². The number of methoxy groups -OCH3 is 1. The fraction of sp³-hybridized carbons (Fsp3) is 0.222. The third-order valence-electron chi connectivity index (χ3n) is 1.48. The lowest BCUT2D eigenvalue weighted by molar-refractivity contribution is 0.0872. The minimum absolute atomic E-state index is 0.149. The smallest absolute Gasteiger partial charge is 0.253 e. The highest BCUT2D eigenvalue weighted by Crippen LogP contribution is 2.01. The molecule has 0 unspecified atom stereocenters. The van der Waals surface area contributed by atoms with Crippen LogP contribution in [0.2, 0.25) is 0 Å². The van der Waals surface area contributed by atoms with Crippen LogP contribution < -0.4 is 5.32 Å². The van der Waals surface area contributed by atoms with Crippen molar-refractivity contribution in [3.63, 3.8) is 0 Å². The Balaban J connectivity index is 2.61. The lowest BCUT2D eigenvalue weighted by Crippen LogP contribution is -2.25. The van der Waals surface area contributed by atoms with Gasteiger partial charge in [-0.2, -0.15) is 0 Å². The van der Waals surface area contributed by atoms with E-state index in [1.807, 2.05) is 0 Å². The van der Waals surface area contributed by atoms with Crippen molar-refractivity contribution < 1.29 is 13.9 Å². The van der Waals surface area contributed by atoms with Gasteiger partial charge in [-0.15, -0.1) is 0 Å². The van der Waals surface area contributed by atoms with E-state index < -0.39 is 0 Å². The fourth-order valence-electron chi connectivity index (χ4n) is 0.841. The van der Waals surface area contributed by atoms with E-state index in [0.717, 1.165) is 0 Å². The van der Waals surface area contributed by atoms with Crippen LogP contribution in [-0.2, 0) is 4.74 Å². The molecule has 0 saturated carbocycles. The number of nitrogens with one attached hydrogen (secondary N) is 1. The maximum absolute atomic E-state index is 12.4. The van der Waals surface area contributed by atoms with Crippen LogP contribution in [0, 0.1) is 5.82 Å². The third kappa shape index (κ3) is 2.83. The Morgan fingerprint density at radius 1 is 1.46 bits per heavy atom. The van der Waals surface area contributed by atoms with Crippen LogP contribution in [0.1, 0.15) is 10.4 Å². The predicted octanol–water partition coefficient (Wildman–Crippen LogP) is 1.16. The van der Waals surface area contributed by atoms with E-state index in [-0.39, 0.29) is 18.5 Å². The summed E-state index contributed by atoms with van der Waals surface area (Å²) in [5, 5.41) is 2.48. The maximum atomic E-state index is 12.4. The molecular weight excluding hydrogens is 173 g/mol. The zero-order valence-electron chi connectivity index (χ0n) is 7.21. The minimum atomic E-state index is -0.358. The van der Waals surface area contributed by atoms with Gasteiger partial charge in [-0.25, -0.2) is 4.39 Å². The Bertz CT molecular complexity index is 284. The molecular formula is C9H10FNO2. The first-order valence-electron chi connectivity index (χ1n) is 3.76. The Morgan fingerprint density at radius 2 is 2.08 bits per heavy atom. The molecule has 1 aromatic carbocycles. The molecule has 0 saturated heterocycles. The fourth-order valence-corrected chi connectivity index (χ4v) is 0.841. The Labute approximate surface area is 75.5 Å². The molecule has 0 aliphatic carbocycles. The van der Waals surface area contributed by atoms with Crippen LogP contribution in [0.3, 0.4) is 0 Å². The van der Waals surface area contributed by atoms with Crippen molar-refractivity contribution in [2.75, 3.05) is 13.8 Å². The number of amides is 1. The van der Waals surface area contributed by atoms with E-state index in [0.29, 0.717) is 5.56 Å². The second-order valence-corrected chi connectivity index (χ2v) is 2.45. The summed E-state index contributed by atoms with van der Waals surface area (Å²) in [5.41, 5.74) is 0.415. The summed E-state index contributed by atoms with van der Waals surface area (Å²) >= 11 is 0. The number of benzene rings is 1. The summed E-state index contributed by atoms with van der Waals surface area (Å²) in [6.45, 7) is 0.149. The highest BCUT2D eigenvalue weighted by molar-refractivity contribution is 5.93. The monoisotopic (exact) mass is 183 g/mol. The van der Waals surface area contributed by atoms with Crippen LogP contribution in [0.15, 0.2) is 24.3 Å². The average Bonchev–Trinajstić information content (AvgIpc) is 2.15. The second kappa shape index (κ2) is 4.57. The van der Waals surface area contributed by atoms with Crippen LogP contribution >= 0.6 is 0 Å². The standard InChI is InChI=1S/C9H10FNO2/c1-13-6-11-9(12)7-2-4-8(10)5-3-7/h2-5H,6H2,1H3,(H,11,12). The first-order chi connectivity index (χ1) is 6.24. The first kappa shape index (κ1) is 9.67. The van der Waals surface area contributed by atoms with Gasteiger partial charge in [-0.3, -0.25) is 4.79 Å². The van der Waals surface area contributed by atoms with Gasteiger partial charge in [0.2, 0.25) is 0 Å². The van der Waals surface area contributed by atoms with Gasteiger partial charge in [0.15, 0.2) is 0 Å². The topological polar surface area (TPSA) is 38.3 Å². The molecule has 1 N–H and O–H groups in total. The van der Waals surface area contributed by atoms with E-state index >= 15 is 0 Å². The molecule has 0 spiro atoms. The number of carbonyl (C=O) groups excluding carboxylic acids is 1. The van der Waals surface area contributed by atoms with Crippen molar-refractivity contribution in [3.8, 4) is 0 Å². The van der Waals surface area contributed by atoms with E-state index in [1.54, 1.807) is 0 Å². The van der Waals surface area contributed by atoms with Gasteiger partial charge in [0, 0.05) is 12.7 Å². The first-order valence-corrected chi connectivity index (χ1v) is 3.76. The van der Waals surface area contributed by atoms with Gasteiger partial charge in [-0.1, -0.05) is 0 Å². The lowest BCUT2D eigenvalue weighted by Gasteiger charge is -2.02. The largest absolute Gasteiger partial charge is 0.364 e. The van der Waals surface area contributed by atoms with Gasteiger partial charge < -0.3 is 10.1 Å². The van der Waals surface area contributed by atoms with Gasteiger partial charge >= 0.3 is 0 Å². The molecule has 1 aromatic rings. The molecule has 0 radical (unpaired) electrons. The molecule has 0 aliphatic heterocycles. The molecule has 0 bridgehead atoms. The van der Waals surface area contributed by atoms with Crippen LogP contribution in [0.5, 0.6) is 0 Å². The maximum Gasteiger partial charge on any atom is 0.253 e. The minimum Gasteiger partial charge on any atom is -0.364 e. The van der Waals surface area contributed by atoms with Crippen molar-refractivity contribution >= 4 is 5.91 Å². The predicted molar refractivity (Wildman–Crippen MR) is 45.7 cm³/mol. The average molecular weight is 183 g/mol. The second-order valence-electron chi connectivity index (χ2n) is 2.45. The molecule has 0 aromatic heterocycles. The molecule has 1 rings (SSSR count). The quantitative estimate of drug-likeness (QED) is 0.714. The van der Waals surface area contributed by atoms with Gasteiger partial charge in [0.1, 0.15) is 12.5 Å². The molecule has 0 heterocycles. The van der Waals surface area contributed by atoms with E-state index in [4.69, 9.17) is 0 Å². The summed E-state index contributed by atoms with van der Waals surface area (Å²) in [7, 11) is 1.48. The van der Waals surface area contributed by atoms with Crippen molar-refractivity contribution in [2.45, 2.75) is 0 Å². The zero-order chi connectivity index (χ0) is 9.68. The number of halogens is 1. The number of carbonyl (C=O) groups is 1. The van der Waals surface area contributed by atoms with Gasteiger partial charge in [-0.05, 0) is 24.3 Å². The molecule has 0 fully saturated rings. The van der Waals surface area contributed by atoms with Crippen molar-refractivity contribution in [1.82, 2.24) is 5.32 Å². The molecule has 0 atom stereocenters. The van der Waals surface area contributed by atoms with Crippen LogP contribution in [-0.4, -0.2) is 19.7 Å². The van der Waals surface area contributed by atoms with Crippen LogP contribution in [0.4, 0.5) is 4.39 Å². The van der Waals surface area contributed by atoms with Crippen molar-refractivity contribution in [2.24, 2.45) is 0 Å². The number of ether oxygens (including phenoxy) is 1. The molecule has 0 aliphatic rings. The SMILES string of the molecule is COCNC(=O)c1ccc(F)cc1. The Hall–Kier alpha value is -1.42. The zero-order valence-corrected chi connectivity index (χ0v) is 7.21. The van der Waals surface area contributed by atoms with E-state index in [1.165, 1.54) is 31.4 Å². The molecule has 13 heavy (non-hydrogen) atoms. The molecule has 1 amide bonds. The highest BCUT2D eigenvalue weighted by Gasteiger charge is 2.03. The van der Waals surface area contributed by atoms with Gasteiger partial charge in [0.05, 0.1) is 0 Å².